The molecular weight excluding hydrogens is 236 g/mol. The molecule has 0 unspecified atom stereocenters. The number of ether oxygens (including phenoxy) is 1. The monoisotopic (exact) mass is 258 g/mol. The first-order valence-corrected chi connectivity index (χ1v) is 7.21. The quantitative estimate of drug-likeness (QED) is 0.885. The van der Waals surface area contributed by atoms with Gasteiger partial charge in [-0.2, -0.15) is 0 Å². The summed E-state index contributed by atoms with van der Waals surface area (Å²) in [6.45, 7) is 3.15. The minimum Gasteiger partial charge on any atom is -0.495 e. The second kappa shape index (κ2) is 5.33. The molecule has 0 amide bonds. The SMILES string of the molecule is COc1cc(C2=CC[C@@H]3CCCN[C@@H]3C2)cnc1C. The summed E-state index contributed by atoms with van der Waals surface area (Å²) >= 11 is 0. The molecule has 3 nitrogen and oxygen atoms in total. The van der Waals surface area contributed by atoms with Gasteiger partial charge in [0.15, 0.2) is 0 Å². The van der Waals surface area contributed by atoms with E-state index in [4.69, 9.17) is 4.74 Å². The van der Waals surface area contributed by atoms with Gasteiger partial charge in [-0.3, -0.25) is 4.98 Å². The molecule has 3 rings (SSSR count). The van der Waals surface area contributed by atoms with Crippen molar-refractivity contribution in [1.82, 2.24) is 10.3 Å². The molecule has 3 heteroatoms. The number of aryl methyl sites for hydroxylation is 1. The normalized spacial score (nSPS) is 26.5. The van der Waals surface area contributed by atoms with Gasteiger partial charge in [-0.1, -0.05) is 6.08 Å². The summed E-state index contributed by atoms with van der Waals surface area (Å²) in [7, 11) is 1.71. The minimum absolute atomic E-state index is 0.654. The molecule has 2 aliphatic rings. The molecule has 1 aliphatic carbocycles. The first-order chi connectivity index (χ1) is 9.28. The van der Waals surface area contributed by atoms with E-state index in [9.17, 15) is 0 Å². The Morgan fingerprint density at radius 3 is 3.16 bits per heavy atom. The number of hydrogen-bond donors (Lipinski definition) is 1. The topological polar surface area (TPSA) is 34.1 Å². The number of methoxy groups -OCH3 is 1. The molecule has 1 aromatic rings. The number of rotatable bonds is 2. The van der Waals surface area contributed by atoms with E-state index in [1.54, 1.807) is 7.11 Å². The Bertz CT molecular complexity index is 496. The van der Waals surface area contributed by atoms with Crippen LogP contribution < -0.4 is 10.1 Å². The number of pyridine rings is 1. The average molecular weight is 258 g/mol. The van der Waals surface area contributed by atoms with E-state index < -0.39 is 0 Å². The Morgan fingerprint density at radius 2 is 2.32 bits per heavy atom. The number of fused-ring (bicyclic) bond motifs is 1. The molecule has 0 aromatic carbocycles. The van der Waals surface area contributed by atoms with Crippen molar-refractivity contribution in [3.05, 3.63) is 29.6 Å². The third-order valence-electron chi connectivity index (χ3n) is 4.47. The van der Waals surface area contributed by atoms with Gasteiger partial charge in [-0.25, -0.2) is 0 Å². The van der Waals surface area contributed by atoms with Crippen LogP contribution in [-0.2, 0) is 0 Å². The summed E-state index contributed by atoms with van der Waals surface area (Å²) in [5.74, 6) is 1.72. The molecule has 102 valence electrons. The van der Waals surface area contributed by atoms with Gasteiger partial charge in [0.25, 0.3) is 0 Å². The predicted molar refractivity (Wildman–Crippen MR) is 77.3 cm³/mol. The molecule has 2 atom stereocenters. The first kappa shape index (κ1) is 12.7. The lowest BCUT2D eigenvalue weighted by atomic mass is 9.78. The molecule has 19 heavy (non-hydrogen) atoms. The molecule has 0 radical (unpaired) electrons. The average Bonchev–Trinajstić information content (AvgIpc) is 2.47. The smallest absolute Gasteiger partial charge is 0.140 e. The Hall–Kier alpha value is -1.35. The van der Waals surface area contributed by atoms with E-state index in [-0.39, 0.29) is 0 Å². The Morgan fingerprint density at radius 1 is 1.42 bits per heavy atom. The van der Waals surface area contributed by atoms with Gasteiger partial charge >= 0.3 is 0 Å². The van der Waals surface area contributed by atoms with E-state index in [0.717, 1.165) is 23.8 Å². The van der Waals surface area contributed by atoms with Crippen LogP contribution in [-0.4, -0.2) is 24.7 Å². The van der Waals surface area contributed by atoms with E-state index in [0.29, 0.717) is 6.04 Å². The fourth-order valence-corrected chi connectivity index (χ4v) is 3.29. The lowest BCUT2D eigenvalue weighted by Crippen LogP contribution is -2.42. The number of allylic oxidation sites excluding steroid dienone is 1. The maximum atomic E-state index is 5.38. The van der Waals surface area contributed by atoms with E-state index in [2.05, 4.69) is 22.4 Å². The summed E-state index contributed by atoms with van der Waals surface area (Å²) in [4.78, 5) is 4.44. The molecule has 1 N–H and O–H groups in total. The van der Waals surface area contributed by atoms with Crippen LogP contribution >= 0.6 is 0 Å². The number of piperidine rings is 1. The highest BCUT2D eigenvalue weighted by Gasteiger charge is 2.28. The largest absolute Gasteiger partial charge is 0.495 e. The zero-order valence-electron chi connectivity index (χ0n) is 11.8. The number of hydrogen-bond acceptors (Lipinski definition) is 3. The van der Waals surface area contributed by atoms with Gasteiger partial charge in [-0.15, -0.1) is 0 Å². The fourth-order valence-electron chi connectivity index (χ4n) is 3.29. The zero-order valence-corrected chi connectivity index (χ0v) is 11.8. The van der Waals surface area contributed by atoms with Crippen molar-refractivity contribution >= 4 is 5.57 Å². The van der Waals surface area contributed by atoms with Crippen LogP contribution in [0, 0.1) is 12.8 Å². The summed E-state index contributed by atoms with van der Waals surface area (Å²) in [5, 5.41) is 3.67. The first-order valence-electron chi connectivity index (χ1n) is 7.21. The minimum atomic E-state index is 0.654. The second-order valence-electron chi connectivity index (χ2n) is 5.64. The van der Waals surface area contributed by atoms with Gasteiger partial charge in [0.1, 0.15) is 5.75 Å². The molecule has 1 aliphatic heterocycles. The second-order valence-corrected chi connectivity index (χ2v) is 5.64. The van der Waals surface area contributed by atoms with Crippen LogP contribution in [0.5, 0.6) is 5.75 Å². The maximum Gasteiger partial charge on any atom is 0.140 e. The summed E-state index contributed by atoms with van der Waals surface area (Å²) in [5.41, 5.74) is 3.59. The molecule has 2 heterocycles. The summed E-state index contributed by atoms with van der Waals surface area (Å²) < 4.78 is 5.38. The van der Waals surface area contributed by atoms with Crippen molar-refractivity contribution < 1.29 is 4.74 Å². The van der Waals surface area contributed by atoms with Crippen molar-refractivity contribution in [3.8, 4) is 5.75 Å². The molecule has 0 bridgehead atoms. The van der Waals surface area contributed by atoms with Crippen molar-refractivity contribution in [2.45, 2.75) is 38.6 Å². The van der Waals surface area contributed by atoms with Crippen LogP contribution in [0.1, 0.15) is 36.9 Å². The van der Waals surface area contributed by atoms with Gasteiger partial charge in [0, 0.05) is 12.2 Å². The Kier molecular flexibility index (Phi) is 3.56. The Balaban J connectivity index is 1.84. The van der Waals surface area contributed by atoms with Crippen LogP contribution in [0.3, 0.4) is 0 Å². The number of aromatic nitrogens is 1. The van der Waals surface area contributed by atoms with Crippen molar-refractivity contribution in [2.24, 2.45) is 5.92 Å². The number of nitrogens with one attached hydrogen (secondary N) is 1. The van der Waals surface area contributed by atoms with E-state index in [1.165, 1.54) is 36.9 Å². The Labute approximate surface area is 115 Å². The standard InChI is InChI=1S/C16H22N2O/c1-11-16(19-2)9-14(10-18-11)13-6-5-12-4-3-7-17-15(12)8-13/h6,9-10,12,15,17H,3-5,7-8H2,1-2H3/t12-,15+/m0/s1. The van der Waals surface area contributed by atoms with Crippen LogP contribution in [0.4, 0.5) is 0 Å². The summed E-state index contributed by atoms with van der Waals surface area (Å²) in [6.07, 6.45) is 9.40. The molecule has 1 aromatic heterocycles. The molecule has 1 fully saturated rings. The lowest BCUT2D eigenvalue weighted by Gasteiger charge is -2.36. The van der Waals surface area contributed by atoms with E-state index in [1.807, 2.05) is 13.1 Å². The van der Waals surface area contributed by atoms with Crippen LogP contribution in [0.2, 0.25) is 0 Å². The highest BCUT2D eigenvalue weighted by molar-refractivity contribution is 5.67. The van der Waals surface area contributed by atoms with Crippen LogP contribution in [0.15, 0.2) is 18.3 Å². The lowest BCUT2D eigenvalue weighted by molar-refractivity contribution is 0.278. The van der Waals surface area contributed by atoms with Gasteiger partial charge in [0.05, 0.1) is 12.8 Å². The van der Waals surface area contributed by atoms with Crippen molar-refractivity contribution in [3.63, 3.8) is 0 Å². The maximum absolute atomic E-state index is 5.38. The highest BCUT2D eigenvalue weighted by Crippen LogP contribution is 2.35. The fraction of sp³-hybridized carbons (Fsp3) is 0.562. The van der Waals surface area contributed by atoms with Gasteiger partial charge in [0.2, 0.25) is 0 Å². The van der Waals surface area contributed by atoms with Crippen molar-refractivity contribution in [1.29, 1.82) is 0 Å². The van der Waals surface area contributed by atoms with E-state index >= 15 is 0 Å². The zero-order chi connectivity index (χ0) is 13.2. The highest BCUT2D eigenvalue weighted by atomic mass is 16.5. The molecule has 0 spiro atoms. The molecule has 1 saturated heterocycles. The number of nitrogens with zero attached hydrogens (tertiary/aromatic N) is 1. The third-order valence-corrected chi connectivity index (χ3v) is 4.47. The van der Waals surface area contributed by atoms with Gasteiger partial charge in [-0.05, 0) is 62.3 Å². The van der Waals surface area contributed by atoms with Crippen LogP contribution in [0.25, 0.3) is 5.57 Å². The summed E-state index contributed by atoms with van der Waals surface area (Å²) in [6, 6.07) is 2.78. The third kappa shape index (κ3) is 2.52. The molecule has 0 saturated carbocycles. The predicted octanol–water partition coefficient (Wildman–Crippen LogP) is 2.94. The molecular formula is C16H22N2O. The van der Waals surface area contributed by atoms with Crippen molar-refractivity contribution in [2.75, 3.05) is 13.7 Å². The van der Waals surface area contributed by atoms with Gasteiger partial charge < -0.3 is 10.1 Å².